The van der Waals surface area contributed by atoms with Crippen LogP contribution in [0.25, 0.3) is 0 Å². The maximum atomic E-state index is 3.39. The number of hydrogen-bond donors (Lipinski definition) is 1. The van der Waals surface area contributed by atoms with Crippen LogP contribution in [0.2, 0.25) is 0 Å². The van der Waals surface area contributed by atoms with Crippen molar-refractivity contribution in [1.82, 2.24) is 5.32 Å². The quantitative estimate of drug-likeness (QED) is 0.794. The zero-order valence-electron chi connectivity index (χ0n) is 9.92. The highest BCUT2D eigenvalue weighted by atomic mass is 32.2. The maximum Gasteiger partial charge on any atom is 0.0325 e. The smallest absolute Gasteiger partial charge is 0.0325 e. The van der Waals surface area contributed by atoms with Gasteiger partial charge in [-0.1, -0.05) is 31.2 Å². The molecule has 0 aliphatic carbocycles. The van der Waals surface area contributed by atoms with Crippen LogP contribution in [0.1, 0.15) is 30.5 Å². The Labute approximate surface area is 97.7 Å². The van der Waals surface area contributed by atoms with Gasteiger partial charge < -0.3 is 5.32 Å². The molecule has 1 aromatic rings. The molecule has 0 bridgehead atoms. The van der Waals surface area contributed by atoms with E-state index in [-0.39, 0.29) is 0 Å². The third kappa shape index (κ3) is 3.88. The summed E-state index contributed by atoms with van der Waals surface area (Å²) in [5, 5.41) is 3.39. The summed E-state index contributed by atoms with van der Waals surface area (Å²) < 4.78 is 0. The van der Waals surface area contributed by atoms with Crippen molar-refractivity contribution in [3.8, 4) is 0 Å². The van der Waals surface area contributed by atoms with E-state index in [4.69, 9.17) is 0 Å². The zero-order valence-corrected chi connectivity index (χ0v) is 10.7. The summed E-state index contributed by atoms with van der Waals surface area (Å²) in [6, 6.07) is 9.41. The number of aryl methyl sites for hydroxylation is 1. The fraction of sp³-hybridized carbons (Fsp3) is 0.538. The molecule has 0 aliphatic heterocycles. The highest BCUT2D eigenvalue weighted by Gasteiger charge is 2.08. The van der Waals surface area contributed by atoms with Gasteiger partial charge in [-0.25, -0.2) is 0 Å². The Morgan fingerprint density at radius 2 is 2.20 bits per heavy atom. The Balaban J connectivity index is 2.72. The third-order valence-corrected chi connectivity index (χ3v) is 3.36. The van der Waals surface area contributed by atoms with Crippen LogP contribution in [0.5, 0.6) is 0 Å². The number of hydrogen-bond acceptors (Lipinski definition) is 2. The lowest BCUT2D eigenvalue weighted by Crippen LogP contribution is -2.17. The van der Waals surface area contributed by atoms with Crippen LogP contribution in [-0.2, 0) is 6.42 Å². The number of nitrogens with one attached hydrogen (secondary N) is 1. The summed E-state index contributed by atoms with van der Waals surface area (Å²) in [4.78, 5) is 0. The van der Waals surface area contributed by atoms with E-state index in [0.29, 0.717) is 6.04 Å². The average molecular weight is 223 g/mol. The van der Waals surface area contributed by atoms with E-state index in [0.717, 1.165) is 6.42 Å². The average Bonchev–Trinajstić information content (AvgIpc) is 2.30. The molecule has 1 N–H and O–H groups in total. The fourth-order valence-corrected chi connectivity index (χ4v) is 2.21. The van der Waals surface area contributed by atoms with Crippen LogP contribution < -0.4 is 5.32 Å². The minimum absolute atomic E-state index is 0.504. The summed E-state index contributed by atoms with van der Waals surface area (Å²) in [6.07, 6.45) is 4.48. The zero-order chi connectivity index (χ0) is 11.1. The summed E-state index contributed by atoms with van der Waals surface area (Å²) in [7, 11) is 2.05. The minimum atomic E-state index is 0.504. The van der Waals surface area contributed by atoms with Crippen LogP contribution in [0.4, 0.5) is 0 Å². The molecule has 1 aromatic carbocycles. The van der Waals surface area contributed by atoms with Crippen molar-refractivity contribution < 1.29 is 0 Å². The topological polar surface area (TPSA) is 12.0 Å². The lowest BCUT2D eigenvalue weighted by molar-refractivity contribution is 0.581. The second kappa shape index (κ2) is 6.91. The molecule has 0 heterocycles. The molecular formula is C13H21NS. The van der Waals surface area contributed by atoms with Crippen molar-refractivity contribution in [1.29, 1.82) is 0 Å². The molecule has 84 valence electrons. The predicted molar refractivity (Wildman–Crippen MR) is 70.6 cm³/mol. The van der Waals surface area contributed by atoms with Crippen LogP contribution in [0.3, 0.4) is 0 Å². The molecule has 15 heavy (non-hydrogen) atoms. The van der Waals surface area contributed by atoms with Crippen molar-refractivity contribution in [2.45, 2.75) is 25.8 Å². The SMILES string of the molecule is CCc1cccc(C(CCSC)NC)c1. The molecule has 0 saturated carbocycles. The van der Waals surface area contributed by atoms with Crippen molar-refractivity contribution in [2.75, 3.05) is 19.1 Å². The molecule has 0 amide bonds. The van der Waals surface area contributed by atoms with Gasteiger partial charge >= 0.3 is 0 Å². The highest BCUT2D eigenvalue weighted by molar-refractivity contribution is 7.98. The van der Waals surface area contributed by atoms with Gasteiger partial charge in [0.15, 0.2) is 0 Å². The van der Waals surface area contributed by atoms with E-state index >= 15 is 0 Å². The highest BCUT2D eigenvalue weighted by Crippen LogP contribution is 2.19. The molecular weight excluding hydrogens is 202 g/mol. The second-order valence-electron chi connectivity index (χ2n) is 3.72. The molecule has 0 spiro atoms. The van der Waals surface area contributed by atoms with Gasteiger partial charge in [0, 0.05) is 6.04 Å². The van der Waals surface area contributed by atoms with Crippen LogP contribution >= 0.6 is 11.8 Å². The normalized spacial score (nSPS) is 12.7. The lowest BCUT2D eigenvalue weighted by atomic mass is 10.0. The van der Waals surface area contributed by atoms with Crippen molar-refractivity contribution in [3.63, 3.8) is 0 Å². The summed E-state index contributed by atoms with van der Waals surface area (Å²) in [5.74, 6) is 1.21. The molecule has 1 unspecified atom stereocenters. The summed E-state index contributed by atoms with van der Waals surface area (Å²) in [6.45, 7) is 2.20. The number of thioether (sulfide) groups is 1. The first-order valence-corrected chi connectivity index (χ1v) is 6.96. The largest absolute Gasteiger partial charge is 0.313 e. The Hall–Kier alpha value is -0.470. The molecule has 0 aromatic heterocycles. The van der Waals surface area contributed by atoms with Gasteiger partial charge in [0.1, 0.15) is 0 Å². The van der Waals surface area contributed by atoms with E-state index in [1.165, 1.54) is 23.3 Å². The first-order valence-electron chi connectivity index (χ1n) is 5.56. The van der Waals surface area contributed by atoms with E-state index in [1.807, 2.05) is 18.8 Å². The lowest BCUT2D eigenvalue weighted by Gasteiger charge is -2.16. The van der Waals surface area contributed by atoms with Crippen LogP contribution in [-0.4, -0.2) is 19.1 Å². The Morgan fingerprint density at radius 3 is 2.80 bits per heavy atom. The van der Waals surface area contributed by atoms with E-state index in [1.54, 1.807) is 0 Å². The van der Waals surface area contributed by atoms with Gasteiger partial charge in [-0.2, -0.15) is 11.8 Å². The summed E-state index contributed by atoms with van der Waals surface area (Å²) in [5.41, 5.74) is 2.85. The Morgan fingerprint density at radius 1 is 1.40 bits per heavy atom. The minimum Gasteiger partial charge on any atom is -0.313 e. The van der Waals surface area contributed by atoms with Gasteiger partial charge in [-0.15, -0.1) is 0 Å². The summed E-state index contributed by atoms with van der Waals surface area (Å²) >= 11 is 1.91. The van der Waals surface area contributed by atoms with Gasteiger partial charge in [0.25, 0.3) is 0 Å². The molecule has 0 fully saturated rings. The first kappa shape index (κ1) is 12.6. The van der Waals surface area contributed by atoms with E-state index in [9.17, 15) is 0 Å². The Bertz CT molecular complexity index is 286. The van der Waals surface area contributed by atoms with E-state index in [2.05, 4.69) is 42.8 Å². The molecule has 0 saturated heterocycles. The number of benzene rings is 1. The van der Waals surface area contributed by atoms with E-state index < -0.39 is 0 Å². The predicted octanol–water partition coefficient (Wildman–Crippen LogP) is 3.26. The number of rotatable bonds is 6. The maximum absolute atomic E-state index is 3.39. The van der Waals surface area contributed by atoms with Crippen LogP contribution in [0.15, 0.2) is 24.3 Å². The van der Waals surface area contributed by atoms with Gasteiger partial charge in [0.2, 0.25) is 0 Å². The molecule has 0 radical (unpaired) electrons. The first-order chi connectivity index (χ1) is 7.31. The molecule has 1 rings (SSSR count). The molecule has 2 heteroatoms. The molecule has 1 atom stereocenters. The van der Waals surface area contributed by atoms with Gasteiger partial charge in [0.05, 0.1) is 0 Å². The molecule has 0 aliphatic rings. The van der Waals surface area contributed by atoms with Crippen LogP contribution in [0, 0.1) is 0 Å². The second-order valence-corrected chi connectivity index (χ2v) is 4.71. The standard InChI is InChI=1S/C13H21NS/c1-4-11-6-5-7-12(10-11)13(14-2)8-9-15-3/h5-7,10,13-14H,4,8-9H2,1-3H3. The fourth-order valence-electron chi connectivity index (χ4n) is 1.74. The third-order valence-electron chi connectivity index (χ3n) is 2.72. The van der Waals surface area contributed by atoms with Crippen molar-refractivity contribution in [2.24, 2.45) is 0 Å². The van der Waals surface area contributed by atoms with Gasteiger partial charge in [-0.3, -0.25) is 0 Å². The monoisotopic (exact) mass is 223 g/mol. The Kier molecular flexibility index (Phi) is 5.81. The van der Waals surface area contributed by atoms with Crippen molar-refractivity contribution in [3.05, 3.63) is 35.4 Å². The van der Waals surface area contributed by atoms with Crippen molar-refractivity contribution >= 4 is 11.8 Å². The molecule has 1 nitrogen and oxygen atoms in total. The van der Waals surface area contributed by atoms with Gasteiger partial charge in [-0.05, 0) is 43.0 Å².